The predicted octanol–water partition coefficient (Wildman–Crippen LogP) is 3.99. The van der Waals surface area contributed by atoms with E-state index in [1.807, 2.05) is 48.5 Å². The maximum Gasteiger partial charge on any atom is 0.141 e. The number of benzene rings is 2. The number of fused-ring (bicyclic) bond motifs is 1. The van der Waals surface area contributed by atoms with Gasteiger partial charge in [-0.15, -0.1) is 0 Å². The van der Waals surface area contributed by atoms with Crippen LogP contribution >= 0.6 is 0 Å². The summed E-state index contributed by atoms with van der Waals surface area (Å²) in [6.45, 7) is 2.05. The molecule has 2 N–H and O–H groups in total. The topological polar surface area (TPSA) is 45.2 Å². The minimum absolute atomic E-state index is 0.199. The van der Waals surface area contributed by atoms with Crippen molar-refractivity contribution in [1.29, 1.82) is 0 Å². The van der Waals surface area contributed by atoms with Crippen LogP contribution in [0.3, 0.4) is 0 Å². The second kappa shape index (κ2) is 4.61. The van der Waals surface area contributed by atoms with Gasteiger partial charge < -0.3 is 10.4 Å². The second-order valence-corrected chi connectivity index (χ2v) is 4.53. The molecular formula is C16H14N2O. The van der Waals surface area contributed by atoms with E-state index in [2.05, 4.69) is 17.2 Å². The third kappa shape index (κ3) is 2.22. The molecule has 0 bridgehead atoms. The Hall–Kier alpha value is -2.55. The number of pyridine rings is 1. The molecule has 0 aliphatic carbocycles. The summed E-state index contributed by atoms with van der Waals surface area (Å²) in [6, 6.07) is 15.8. The zero-order valence-electron chi connectivity index (χ0n) is 10.6. The van der Waals surface area contributed by atoms with Crippen LogP contribution in [0.2, 0.25) is 0 Å². The molecule has 3 nitrogen and oxygen atoms in total. The number of hydrogen-bond donors (Lipinski definition) is 2. The average Bonchev–Trinajstić information content (AvgIpc) is 2.45. The summed E-state index contributed by atoms with van der Waals surface area (Å²) in [5, 5.41) is 14.8. The largest absolute Gasteiger partial charge is 0.506 e. The number of rotatable bonds is 2. The molecule has 1 aromatic heterocycles. The molecule has 3 aromatic rings. The quantitative estimate of drug-likeness (QED) is 0.722. The standard InChI is InChI=1S/C16H14N2O/c1-11-6-8-12(9-7-11)18-16-14-5-3-2-4-13(14)15(19)10-17-16/h2-10,19H,1H3,(H,17,18). The van der Waals surface area contributed by atoms with Crippen LogP contribution < -0.4 is 5.32 Å². The van der Waals surface area contributed by atoms with E-state index in [1.165, 1.54) is 11.8 Å². The molecule has 0 aliphatic rings. The van der Waals surface area contributed by atoms with Gasteiger partial charge in [0.25, 0.3) is 0 Å². The number of aryl methyl sites for hydroxylation is 1. The molecule has 0 aliphatic heterocycles. The molecule has 2 aromatic carbocycles. The van der Waals surface area contributed by atoms with Crippen LogP contribution in [0.1, 0.15) is 5.56 Å². The van der Waals surface area contributed by atoms with Gasteiger partial charge in [-0.1, -0.05) is 42.0 Å². The lowest BCUT2D eigenvalue weighted by Gasteiger charge is -2.10. The molecule has 3 rings (SSSR count). The van der Waals surface area contributed by atoms with Crippen molar-refractivity contribution in [2.75, 3.05) is 5.32 Å². The van der Waals surface area contributed by atoms with Gasteiger partial charge >= 0.3 is 0 Å². The van der Waals surface area contributed by atoms with Gasteiger partial charge in [0.2, 0.25) is 0 Å². The Kier molecular flexibility index (Phi) is 2.80. The molecule has 0 atom stereocenters. The number of aromatic hydroxyl groups is 1. The summed E-state index contributed by atoms with van der Waals surface area (Å²) in [6.07, 6.45) is 1.47. The van der Waals surface area contributed by atoms with Gasteiger partial charge in [-0.3, -0.25) is 0 Å². The lowest BCUT2D eigenvalue weighted by Crippen LogP contribution is -1.94. The SMILES string of the molecule is Cc1ccc(Nc2ncc(O)c3ccccc23)cc1. The summed E-state index contributed by atoms with van der Waals surface area (Å²) < 4.78 is 0. The smallest absolute Gasteiger partial charge is 0.141 e. The van der Waals surface area contributed by atoms with Crippen LogP contribution in [0, 0.1) is 6.92 Å². The van der Waals surface area contributed by atoms with Crippen LogP contribution in [-0.4, -0.2) is 10.1 Å². The van der Waals surface area contributed by atoms with Gasteiger partial charge in [0.05, 0.1) is 6.20 Å². The lowest BCUT2D eigenvalue weighted by atomic mass is 10.1. The van der Waals surface area contributed by atoms with Gasteiger partial charge in [0, 0.05) is 16.5 Å². The van der Waals surface area contributed by atoms with Crippen molar-refractivity contribution in [2.24, 2.45) is 0 Å². The number of hydrogen-bond acceptors (Lipinski definition) is 3. The lowest BCUT2D eigenvalue weighted by molar-refractivity contribution is 0.479. The Balaban J connectivity index is 2.06. The summed E-state index contributed by atoms with van der Waals surface area (Å²) in [5.74, 6) is 0.947. The van der Waals surface area contributed by atoms with Crippen LogP contribution in [0.25, 0.3) is 10.8 Å². The Morgan fingerprint density at radius 1 is 0.947 bits per heavy atom. The van der Waals surface area contributed by atoms with Gasteiger partial charge in [0.15, 0.2) is 0 Å². The molecule has 0 spiro atoms. The average molecular weight is 250 g/mol. The monoisotopic (exact) mass is 250 g/mol. The fourth-order valence-electron chi connectivity index (χ4n) is 2.05. The highest BCUT2D eigenvalue weighted by molar-refractivity contribution is 5.96. The Morgan fingerprint density at radius 3 is 2.37 bits per heavy atom. The van der Waals surface area contributed by atoms with Crippen molar-refractivity contribution in [3.8, 4) is 5.75 Å². The Morgan fingerprint density at radius 2 is 1.63 bits per heavy atom. The number of nitrogens with zero attached hydrogens (tertiary/aromatic N) is 1. The first-order valence-electron chi connectivity index (χ1n) is 6.14. The predicted molar refractivity (Wildman–Crippen MR) is 77.9 cm³/mol. The van der Waals surface area contributed by atoms with Gasteiger partial charge in [-0.25, -0.2) is 4.98 Å². The maximum absolute atomic E-state index is 9.81. The first-order valence-corrected chi connectivity index (χ1v) is 6.14. The van der Waals surface area contributed by atoms with Crippen molar-refractivity contribution < 1.29 is 5.11 Å². The Bertz CT molecular complexity index is 720. The second-order valence-electron chi connectivity index (χ2n) is 4.53. The zero-order valence-corrected chi connectivity index (χ0v) is 10.6. The van der Waals surface area contributed by atoms with Crippen molar-refractivity contribution in [1.82, 2.24) is 4.98 Å². The molecule has 0 radical (unpaired) electrons. The van der Waals surface area contributed by atoms with E-state index < -0.39 is 0 Å². The summed E-state index contributed by atoms with van der Waals surface area (Å²) in [5.41, 5.74) is 2.20. The van der Waals surface area contributed by atoms with Crippen LogP contribution in [0.15, 0.2) is 54.7 Å². The van der Waals surface area contributed by atoms with Crippen LogP contribution in [0.5, 0.6) is 5.75 Å². The molecule has 0 unspecified atom stereocenters. The van der Waals surface area contributed by atoms with E-state index in [0.29, 0.717) is 0 Å². The molecule has 0 saturated carbocycles. The first-order chi connectivity index (χ1) is 9.24. The highest BCUT2D eigenvalue weighted by atomic mass is 16.3. The molecule has 19 heavy (non-hydrogen) atoms. The van der Waals surface area contributed by atoms with Crippen molar-refractivity contribution in [3.63, 3.8) is 0 Å². The third-order valence-corrected chi connectivity index (χ3v) is 3.09. The van der Waals surface area contributed by atoms with Crippen molar-refractivity contribution in [2.45, 2.75) is 6.92 Å². The fraction of sp³-hybridized carbons (Fsp3) is 0.0625. The van der Waals surface area contributed by atoms with E-state index in [0.717, 1.165) is 22.3 Å². The van der Waals surface area contributed by atoms with E-state index in [4.69, 9.17) is 0 Å². The third-order valence-electron chi connectivity index (χ3n) is 3.09. The van der Waals surface area contributed by atoms with Gasteiger partial charge in [-0.2, -0.15) is 0 Å². The number of aromatic nitrogens is 1. The van der Waals surface area contributed by atoms with Crippen LogP contribution in [-0.2, 0) is 0 Å². The highest BCUT2D eigenvalue weighted by Gasteiger charge is 2.06. The number of anilines is 2. The summed E-state index contributed by atoms with van der Waals surface area (Å²) in [7, 11) is 0. The number of nitrogens with one attached hydrogen (secondary N) is 1. The molecule has 0 fully saturated rings. The molecule has 94 valence electrons. The normalized spacial score (nSPS) is 10.6. The van der Waals surface area contributed by atoms with E-state index in [1.54, 1.807) is 0 Å². The summed E-state index contributed by atoms with van der Waals surface area (Å²) in [4.78, 5) is 4.26. The van der Waals surface area contributed by atoms with E-state index in [-0.39, 0.29) is 5.75 Å². The van der Waals surface area contributed by atoms with Gasteiger partial charge in [-0.05, 0) is 19.1 Å². The van der Waals surface area contributed by atoms with Gasteiger partial charge in [0.1, 0.15) is 11.6 Å². The van der Waals surface area contributed by atoms with Crippen LogP contribution in [0.4, 0.5) is 11.5 Å². The maximum atomic E-state index is 9.81. The minimum atomic E-state index is 0.199. The zero-order chi connectivity index (χ0) is 13.2. The molecule has 3 heteroatoms. The van der Waals surface area contributed by atoms with E-state index >= 15 is 0 Å². The van der Waals surface area contributed by atoms with Crippen molar-refractivity contribution >= 4 is 22.3 Å². The fourth-order valence-corrected chi connectivity index (χ4v) is 2.05. The Labute approximate surface area is 111 Å². The highest BCUT2D eigenvalue weighted by Crippen LogP contribution is 2.30. The van der Waals surface area contributed by atoms with Crippen molar-refractivity contribution in [3.05, 3.63) is 60.3 Å². The van der Waals surface area contributed by atoms with E-state index in [9.17, 15) is 5.11 Å². The summed E-state index contributed by atoms with van der Waals surface area (Å²) >= 11 is 0. The minimum Gasteiger partial charge on any atom is -0.506 e. The molecule has 0 amide bonds. The molecule has 0 saturated heterocycles. The first kappa shape index (κ1) is 11.5. The molecular weight excluding hydrogens is 236 g/mol. The molecule has 1 heterocycles.